The van der Waals surface area contributed by atoms with Crippen LogP contribution in [0, 0.1) is 5.92 Å². The highest BCUT2D eigenvalue weighted by Gasteiger charge is 2.40. The second kappa shape index (κ2) is 13.8. The molecule has 1 unspecified atom stereocenters. The van der Waals surface area contributed by atoms with E-state index in [1.807, 2.05) is 11.8 Å². The Morgan fingerprint density at radius 2 is 2.00 bits per heavy atom. The molecule has 0 amide bonds. The van der Waals surface area contributed by atoms with Crippen molar-refractivity contribution in [2.24, 2.45) is 5.92 Å². The fraction of sp³-hybridized carbons (Fsp3) is 0.800. The van der Waals surface area contributed by atoms with Crippen LogP contribution in [0.3, 0.4) is 0 Å². The fourth-order valence-electron chi connectivity index (χ4n) is 3.39. The van der Waals surface area contributed by atoms with Gasteiger partial charge in [-0.05, 0) is 73.7 Å². The van der Waals surface area contributed by atoms with Crippen LogP contribution in [0.15, 0.2) is 23.1 Å². The van der Waals surface area contributed by atoms with E-state index >= 15 is 0 Å². The Bertz CT molecular complexity index is 563. The lowest BCUT2D eigenvalue weighted by molar-refractivity contribution is -0.146. The van der Waals surface area contributed by atoms with Crippen LogP contribution in [-0.2, 0) is 9.22 Å². The standard InChI is InChI=1S/C25H46O3SSi/c1-7-8-9-10-11-12-16-21-17-15-19-23(21)29-20-14-13-18-22(24(26)27)28-30(5,6)25(2,3)4/h12,16,19,21-22H,7-11,13-15,17-18,20H2,1-6H3,(H,26,27)/t21-,22?/m0/s1. The third-order valence-corrected chi connectivity index (χ3v) is 12.2. The van der Waals surface area contributed by atoms with Crippen molar-refractivity contribution < 1.29 is 14.3 Å². The van der Waals surface area contributed by atoms with Crippen molar-refractivity contribution in [1.29, 1.82) is 0 Å². The predicted octanol–water partition coefficient (Wildman–Crippen LogP) is 8.19. The molecule has 0 saturated heterocycles. The van der Waals surface area contributed by atoms with Gasteiger partial charge in [0.25, 0.3) is 0 Å². The molecular weight excluding hydrogens is 408 g/mol. The Morgan fingerprint density at radius 1 is 1.27 bits per heavy atom. The molecule has 1 aliphatic carbocycles. The first-order valence-electron chi connectivity index (χ1n) is 12.0. The van der Waals surface area contributed by atoms with Crippen LogP contribution < -0.4 is 0 Å². The molecule has 0 aromatic carbocycles. The molecule has 30 heavy (non-hydrogen) atoms. The minimum atomic E-state index is -2.06. The average Bonchev–Trinajstić information content (AvgIpc) is 3.09. The third kappa shape index (κ3) is 10.2. The van der Waals surface area contributed by atoms with E-state index in [-0.39, 0.29) is 5.04 Å². The van der Waals surface area contributed by atoms with E-state index in [4.69, 9.17) is 4.43 Å². The van der Waals surface area contributed by atoms with Crippen LogP contribution in [0.1, 0.15) is 91.9 Å². The quantitative estimate of drug-likeness (QED) is 0.154. The summed E-state index contributed by atoms with van der Waals surface area (Å²) in [5.74, 6) is 0.865. The number of aliphatic carboxylic acids is 1. The van der Waals surface area contributed by atoms with Gasteiger partial charge in [-0.15, -0.1) is 11.8 Å². The summed E-state index contributed by atoms with van der Waals surface area (Å²) in [4.78, 5) is 13.2. The number of hydrogen-bond acceptors (Lipinski definition) is 3. The summed E-state index contributed by atoms with van der Waals surface area (Å²) < 4.78 is 6.15. The number of carboxylic acid groups (broad SMARTS) is 1. The molecule has 1 aliphatic rings. The van der Waals surface area contributed by atoms with Gasteiger partial charge >= 0.3 is 5.97 Å². The fourth-order valence-corrected chi connectivity index (χ4v) is 5.91. The second-order valence-electron chi connectivity index (χ2n) is 10.1. The van der Waals surface area contributed by atoms with E-state index in [1.165, 1.54) is 49.9 Å². The van der Waals surface area contributed by atoms with Crippen molar-refractivity contribution in [2.45, 2.75) is 116 Å². The maximum atomic E-state index is 11.7. The Hall–Kier alpha value is -0.523. The Morgan fingerprint density at radius 3 is 2.63 bits per heavy atom. The molecule has 1 rings (SSSR count). The molecule has 2 atom stereocenters. The molecule has 0 saturated carbocycles. The van der Waals surface area contributed by atoms with Gasteiger partial charge in [-0.25, -0.2) is 4.79 Å². The predicted molar refractivity (Wildman–Crippen MR) is 135 cm³/mol. The van der Waals surface area contributed by atoms with Gasteiger partial charge in [0.15, 0.2) is 8.32 Å². The zero-order valence-corrected chi connectivity index (χ0v) is 22.2. The molecule has 0 radical (unpaired) electrons. The number of allylic oxidation sites excluding steroid dienone is 4. The molecule has 0 bridgehead atoms. The van der Waals surface area contributed by atoms with Gasteiger partial charge in [-0.1, -0.05) is 65.2 Å². The lowest BCUT2D eigenvalue weighted by atomic mass is 10.1. The van der Waals surface area contributed by atoms with Gasteiger partial charge in [0.05, 0.1) is 0 Å². The highest BCUT2D eigenvalue weighted by atomic mass is 32.2. The van der Waals surface area contributed by atoms with E-state index in [0.29, 0.717) is 12.3 Å². The highest BCUT2D eigenvalue weighted by molar-refractivity contribution is 8.03. The van der Waals surface area contributed by atoms with Crippen molar-refractivity contribution in [3.63, 3.8) is 0 Å². The van der Waals surface area contributed by atoms with Crippen LogP contribution in [0.2, 0.25) is 18.1 Å². The zero-order chi connectivity index (χ0) is 22.6. The normalized spacial score (nSPS) is 18.7. The molecular formula is C25H46O3SSi. The molecule has 0 heterocycles. The number of hydrogen-bond donors (Lipinski definition) is 1. The number of rotatable bonds is 15. The molecule has 5 heteroatoms. The van der Waals surface area contributed by atoms with Crippen molar-refractivity contribution in [3.8, 4) is 0 Å². The van der Waals surface area contributed by atoms with Crippen LogP contribution in [0.5, 0.6) is 0 Å². The van der Waals surface area contributed by atoms with Gasteiger partial charge in [0, 0.05) is 5.92 Å². The summed E-state index contributed by atoms with van der Waals surface area (Å²) in [6.07, 6.45) is 18.1. The molecule has 174 valence electrons. The summed E-state index contributed by atoms with van der Waals surface area (Å²) in [6.45, 7) is 13.0. The largest absolute Gasteiger partial charge is 0.479 e. The molecule has 0 aromatic rings. The number of thioether (sulfide) groups is 1. The van der Waals surface area contributed by atoms with Crippen LogP contribution in [0.4, 0.5) is 0 Å². The maximum absolute atomic E-state index is 11.7. The van der Waals surface area contributed by atoms with Crippen molar-refractivity contribution >= 4 is 26.0 Å². The van der Waals surface area contributed by atoms with Crippen LogP contribution in [0.25, 0.3) is 0 Å². The Kier molecular flexibility index (Phi) is 12.7. The van der Waals surface area contributed by atoms with E-state index in [9.17, 15) is 9.90 Å². The third-order valence-electron chi connectivity index (χ3n) is 6.43. The second-order valence-corrected chi connectivity index (χ2v) is 16.0. The summed E-state index contributed by atoms with van der Waals surface area (Å²) in [5, 5.41) is 9.62. The summed E-state index contributed by atoms with van der Waals surface area (Å²) >= 11 is 1.97. The first-order chi connectivity index (χ1) is 14.1. The molecule has 0 fully saturated rings. The van der Waals surface area contributed by atoms with Crippen molar-refractivity contribution in [2.75, 3.05) is 5.75 Å². The minimum Gasteiger partial charge on any atom is -0.479 e. The molecule has 0 aliphatic heterocycles. The number of carboxylic acids is 1. The SMILES string of the molecule is CCCCCCC=C[C@H]1CCC=C1SCCCCC(O[Si](C)(C)C(C)(C)C)C(=O)O. The van der Waals surface area contributed by atoms with Gasteiger partial charge < -0.3 is 9.53 Å². The molecule has 3 nitrogen and oxygen atoms in total. The first-order valence-corrected chi connectivity index (χ1v) is 15.9. The van der Waals surface area contributed by atoms with E-state index < -0.39 is 20.4 Å². The van der Waals surface area contributed by atoms with Gasteiger partial charge in [-0.2, -0.15) is 0 Å². The molecule has 0 aromatic heterocycles. The lowest BCUT2D eigenvalue weighted by Crippen LogP contribution is -2.46. The first kappa shape index (κ1) is 27.5. The monoisotopic (exact) mass is 454 g/mol. The topological polar surface area (TPSA) is 46.5 Å². The minimum absolute atomic E-state index is 0.0318. The van der Waals surface area contributed by atoms with Crippen molar-refractivity contribution in [3.05, 3.63) is 23.1 Å². The van der Waals surface area contributed by atoms with Crippen LogP contribution >= 0.6 is 11.8 Å². The Balaban J connectivity index is 2.32. The highest BCUT2D eigenvalue weighted by Crippen LogP contribution is 2.38. The number of carbonyl (C=O) groups is 1. The maximum Gasteiger partial charge on any atom is 0.331 e. The molecule has 1 N–H and O–H groups in total. The smallest absolute Gasteiger partial charge is 0.331 e. The summed E-state index contributed by atoms with van der Waals surface area (Å²) in [5.41, 5.74) is 0. The van der Waals surface area contributed by atoms with Gasteiger partial charge in [0.1, 0.15) is 6.10 Å². The summed E-state index contributed by atoms with van der Waals surface area (Å²) in [7, 11) is -2.06. The van der Waals surface area contributed by atoms with Gasteiger partial charge in [0.2, 0.25) is 0 Å². The average molecular weight is 455 g/mol. The van der Waals surface area contributed by atoms with E-state index in [2.05, 4.69) is 59.0 Å². The van der Waals surface area contributed by atoms with Crippen LogP contribution in [-0.4, -0.2) is 31.3 Å². The van der Waals surface area contributed by atoms with Crippen molar-refractivity contribution in [1.82, 2.24) is 0 Å². The Labute approximate surface area is 191 Å². The lowest BCUT2D eigenvalue weighted by Gasteiger charge is -2.38. The zero-order valence-electron chi connectivity index (χ0n) is 20.3. The van der Waals surface area contributed by atoms with Gasteiger partial charge in [-0.3, -0.25) is 0 Å². The van der Waals surface area contributed by atoms with E-state index in [1.54, 1.807) is 0 Å². The molecule has 0 spiro atoms. The van der Waals surface area contributed by atoms with E-state index in [0.717, 1.165) is 18.6 Å². The number of unbranched alkanes of at least 4 members (excludes halogenated alkanes) is 5. The summed E-state index contributed by atoms with van der Waals surface area (Å²) in [6, 6.07) is 0.